The zero-order valence-corrected chi connectivity index (χ0v) is 21.8. The van der Waals surface area contributed by atoms with Gasteiger partial charge in [-0.1, -0.05) is 79.7 Å². The second-order valence-electron chi connectivity index (χ2n) is 8.88. The zero-order chi connectivity index (χ0) is 25.0. The van der Waals surface area contributed by atoms with Crippen molar-refractivity contribution < 1.29 is 9.59 Å². The zero-order valence-electron chi connectivity index (χ0n) is 20.9. The maximum Gasteiger partial charge on any atom is 0.243 e. The van der Waals surface area contributed by atoms with Crippen molar-refractivity contribution in [3.63, 3.8) is 0 Å². The summed E-state index contributed by atoms with van der Waals surface area (Å²) in [6.07, 6.45) is 1.68. The van der Waals surface area contributed by atoms with Crippen molar-refractivity contribution in [1.29, 1.82) is 0 Å². The number of amides is 2. The first-order valence-corrected chi connectivity index (χ1v) is 13.3. The minimum Gasteiger partial charge on any atom is -0.352 e. The van der Waals surface area contributed by atoms with Crippen molar-refractivity contribution in [2.75, 3.05) is 5.75 Å². The Bertz CT molecular complexity index is 1070. The number of carbonyl (C=O) groups excluding carboxylic acids is 2. The SMILES string of the molecule is CCC(C)NC(=O)C(Cc1ccccc1)N(Cc1ccccc1C)C(=O)CCSc1ccccc1. The highest BCUT2D eigenvalue weighted by Crippen LogP contribution is 2.21. The van der Waals surface area contributed by atoms with Crippen molar-refractivity contribution in [1.82, 2.24) is 10.2 Å². The number of aryl methyl sites for hydroxylation is 1. The highest BCUT2D eigenvalue weighted by atomic mass is 32.2. The molecule has 1 N–H and O–H groups in total. The second-order valence-corrected chi connectivity index (χ2v) is 10.1. The summed E-state index contributed by atoms with van der Waals surface area (Å²) in [6, 6.07) is 27.6. The molecule has 0 aliphatic carbocycles. The molecule has 0 heterocycles. The van der Waals surface area contributed by atoms with Crippen LogP contribution in [0.3, 0.4) is 0 Å². The Morgan fingerprint density at radius 2 is 1.54 bits per heavy atom. The molecule has 2 unspecified atom stereocenters. The summed E-state index contributed by atoms with van der Waals surface area (Å²) in [5.74, 6) is 0.566. The minimum atomic E-state index is -0.583. The number of nitrogens with zero attached hydrogens (tertiary/aromatic N) is 1. The van der Waals surface area contributed by atoms with Crippen LogP contribution in [0, 0.1) is 6.92 Å². The van der Waals surface area contributed by atoms with Crippen molar-refractivity contribution in [3.05, 3.63) is 102 Å². The molecule has 0 aliphatic heterocycles. The van der Waals surface area contributed by atoms with E-state index in [0.717, 1.165) is 28.0 Å². The molecule has 0 bridgehead atoms. The summed E-state index contributed by atoms with van der Waals surface area (Å²) in [5.41, 5.74) is 3.22. The van der Waals surface area contributed by atoms with Gasteiger partial charge in [0, 0.05) is 36.1 Å². The second kappa shape index (κ2) is 13.7. The van der Waals surface area contributed by atoms with Crippen LogP contribution in [0.25, 0.3) is 0 Å². The molecule has 2 amide bonds. The summed E-state index contributed by atoms with van der Waals surface area (Å²) >= 11 is 1.67. The summed E-state index contributed by atoms with van der Waals surface area (Å²) in [4.78, 5) is 30.1. The largest absolute Gasteiger partial charge is 0.352 e. The number of benzene rings is 3. The standard InChI is InChI=1S/C30H36N2O2S/c1-4-24(3)31-30(34)28(21-25-14-7-5-8-15-25)32(22-26-16-12-11-13-23(26)2)29(33)19-20-35-27-17-9-6-10-18-27/h5-18,24,28H,4,19-22H2,1-3H3,(H,31,34). The van der Waals surface area contributed by atoms with Gasteiger partial charge in [-0.3, -0.25) is 9.59 Å². The molecule has 0 radical (unpaired) electrons. The maximum atomic E-state index is 13.7. The van der Waals surface area contributed by atoms with Crippen LogP contribution in [0.1, 0.15) is 43.4 Å². The topological polar surface area (TPSA) is 49.4 Å². The summed E-state index contributed by atoms with van der Waals surface area (Å²) in [5, 5.41) is 3.13. The maximum absolute atomic E-state index is 13.7. The predicted molar refractivity (Wildman–Crippen MR) is 145 cm³/mol. The van der Waals surface area contributed by atoms with Crippen LogP contribution in [0.15, 0.2) is 89.8 Å². The highest BCUT2D eigenvalue weighted by Gasteiger charge is 2.31. The fourth-order valence-electron chi connectivity index (χ4n) is 3.88. The molecule has 4 nitrogen and oxygen atoms in total. The molecule has 0 saturated heterocycles. The Morgan fingerprint density at radius 3 is 2.20 bits per heavy atom. The van der Waals surface area contributed by atoms with Gasteiger partial charge in [0.1, 0.15) is 6.04 Å². The first kappa shape index (κ1) is 26.6. The van der Waals surface area contributed by atoms with E-state index in [9.17, 15) is 9.59 Å². The van der Waals surface area contributed by atoms with E-state index in [2.05, 4.69) is 30.4 Å². The van der Waals surface area contributed by atoms with Crippen LogP contribution in [-0.4, -0.2) is 34.6 Å². The minimum absolute atomic E-state index is 0.00285. The molecule has 0 fully saturated rings. The molecule has 35 heavy (non-hydrogen) atoms. The lowest BCUT2D eigenvalue weighted by molar-refractivity contribution is -0.141. The van der Waals surface area contributed by atoms with Crippen molar-refractivity contribution in [2.45, 2.75) is 63.6 Å². The average molecular weight is 489 g/mol. The first-order valence-electron chi connectivity index (χ1n) is 12.3. The molecule has 0 saturated carbocycles. The number of hydrogen-bond donors (Lipinski definition) is 1. The van der Waals surface area contributed by atoms with Crippen molar-refractivity contribution in [3.8, 4) is 0 Å². The van der Waals surface area contributed by atoms with Crippen molar-refractivity contribution >= 4 is 23.6 Å². The van der Waals surface area contributed by atoms with Gasteiger partial charge in [0.05, 0.1) is 0 Å². The highest BCUT2D eigenvalue weighted by molar-refractivity contribution is 7.99. The molecule has 0 aliphatic rings. The van der Waals surface area contributed by atoms with Gasteiger partial charge in [-0.25, -0.2) is 0 Å². The van der Waals surface area contributed by atoms with E-state index >= 15 is 0 Å². The molecule has 184 valence electrons. The van der Waals surface area contributed by atoms with E-state index in [0.29, 0.717) is 25.1 Å². The number of carbonyl (C=O) groups is 2. The molecule has 0 aromatic heterocycles. The monoisotopic (exact) mass is 488 g/mol. The number of thioether (sulfide) groups is 1. The van der Waals surface area contributed by atoms with E-state index in [1.807, 2.05) is 80.6 Å². The fraction of sp³-hybridized carbons (Fsp3) is 0.333. The van der Waals surface area contributed by atoms with Crippen LogP contribution in [0.5, 0.6) is 0 Å². The number of rotatable bonds is 12. The number of nitrogens with one attached hydrogen (secondary N) is 1. The lowest BCUT2D eigenvalue weighted by Gasteiger charge is -2.32. The molecule has 5 heteroatoms. The summed E-state index contributed by atoms with van der Waals surface area (Å²) < 4.78 is 0. The van der Waals surface area contributed by atoms with E-state index in [1.54, 1.807) is 16.7 Å². The molecule has 2 atom stereocenters. The third-order valence-corrected chi connectivity index (χ3v) is 7.22. The quantitative estimate of drug-likeness (QED) is 0.317. The molecule has 3 aromatic carbocycles. The predicted octanol–water partition coefficient (Wildman–Crippen LogP) is 6.03. The average Bonchev–Trinajstić information content (AvgIpc) is 2.88. The van der Waals surface area contributed by atoms with E-state index < -0.39 is 6.04 Å². The summed E-state index contributed by atoms with van der Waals surface area (Å²) in [7, 11) is 0. The van der Waals surface area contributed by atoms with Gasteiger partial charge in [-0.2, -0.15) is 0 Å². The lowest BCUT2D eigenvalue weighted by atomic mass is 10.0. The van der Waals surface area contributed by atoms with Crippen LogP contribution < -0.4 is 5.32 Å². The van der Waals surface area contributed by atoms with E-state index in [1.165, 1.54) is 0 Å². The molecule has 3 rings (SSSR count). The van der Waals surface area contributed by atoms with Crippen LogP contribution in [0.4, 0.5) is 0 Å². The van der Waals surface area contributed by atoms with Gasteiger partial charge in [-0.05, 0) is 49.1 Å². The van der Waals surface area contributed by atoms with Gasteiger partial charge >= 0.3 is 0 Å². The molecular formula is C30H36N2O2S. The van der Waals surface area contributed by atoms with Gasteiger partial charge in [-0.15, -0.1) is 11.8 Å². The van der Waals surface area contributed by atoms with Crippen LogP contribution in [0.2, 0.25) is 0 Å². The van der Waals surface area contributed by atoms with Crippen LogP contribution >= 0.6 is 11.8 Å². The van der Waals surface area contributed by atoms with Crippen molar-refractivity contribution in [2.24, 2.45) is 0 Å². The molecular weight excluding hydrogens is 452 g/mol. The van der Waals surface area contributed by atoms with Gasteiger partial charge < -0.3 is 10.2 Å². The first-order chi connectivity index (χ1) is 17.0. The van der Waals surface area contributed by atoms with Gasteiger partial charge in [0.15, 0.2) is 0 Å². The van der Waals surface area contributed by atoms with E-state index in [4.69, 9.17) is 0 Å². The smallest absolute Gasteiger partial charge is 0.243 e. The molecule has 0 spiro atoms. The Labute approximate surface area is 214 Å². The number of hydrogen-bond acceptors (Lipinski definition) is 3. The Kier molecular flexibility index (Phi) is 10.4. The Morgan fingerprint density at radius 1 is 0.914 bits per heavy atom. The van der Waals surface area contributed by atoms with E-state index in [-0.39, 0.29) is 17.9 Å². The van der Waals surface area contributed by atoms with Crippen LogP contribution in [-0.2, 0) is 22.6 Å². The fourth-order valence-corrected chi connectivity index (χ4v) is 4.74. The molecule has 3 aromatic rings. The van der Waals surface area contributed by atoms with Gasteiger partial charge in [0.2, 0.25) is 11.8 Å². The Balaban J connectivity index is 1.87. The third kappa shape index (κ3) is 8.29. The van der Waals surface area contributed by atoms with Gasteiger partial charge in [0.25, 0.3) is 0 Å². The summed E-state index contributed by atoms with van der Waals surface area (Å²) in [6.45, 7) is 6.51. The Hall–Kier alpha value is -3.05. The lowest BCUT2D eigenvalue weighted by Crippen LogP contribution is -2.52. The third-order valence-electron chi connectivity index (χ3n) is 6.20. The normalized spacial score (nSPS) is 12.5.